The topological polar surface area (TPSA) is 0 Å². The second-order valence-electron chi connectivity index (χ2n) is 2.58. The minimum atomic E-state index is 0.447. The minimum Gasteiger partial charge on any atom is -0.102 e. The molecular weight excluding hydrogens is 200 g/mol. The van der Waals surface area contributed by atoms with E-state index in [9.17, 15) is 0 Å². The lowest BCUT2D eigenvalue weighted by Crippen LogP contribution is -1.86. The van der Waals surface area contributed by atoms with Crippen LogP contribution in [-0.4, -0.2) is 0 Å². The molecule has 1 aromatic rings. The molecule has 0 amide bonds. The fraction of sp³-hybridized carbons (Fsp3) is 0.200. The van der Waals surface area contributed by atoms with Gasteiger partial charge in [0.15, 0.2) is 0 Å². The van der Waals surface area contributed by atoms with Gasteiger partial charge in [-0.15, -0.1) is 6.58 Å². The molecule has 0 N–H and O–H groups in total. The predicted molar refractivity (Wildman–Crippen MR) is 52.8 cm³/mol. The van der Waals surface area contributed by atoms with Crippen molar-refractivity contribution in [3.05, 3.63) is 47.0 Å². The van der Waals surface area contributed by atoms with Crippen molar-refractivity contribution < 1.29 is 0 Å². The Bertz CT molecular complexity index is 236. The van der Waals surface area contributed by atoms with E-state index in [0.29, 0.717) is 5.92 Å². The Kier molecular flexibility index (Phi) is 2.89. The second kappa shape index (κ2) is 3.72. The van der Waals surface area contributed by atoms with E-state index in [0.717, 1.165) is 4.47 Å². The smallest absolute Gasteiger partial charge is 0.0175 e. The maximum atomic E-state index is 3.75. The average molecular weight is 211 g/mol. The molecule has 58 valence electrons. The van der Waals surface area contributed by atoms with Crippen molar-refractivity contribution in [2.45, 2.75) is 12.8 Å². The van der Waals surface area contributed by atoms with E-state index in [1.54, 1.807) is 0 Å². The van der Waals surface area contributed by atoms with Crippen LogP contribution in [0.3, 0.4) is 0 Å². The molecule has 1 atom stereocenters. The van der Waals surface area contributed by atoms with Gasteiger partial charge in [-0.25, -0.2) is 0 Å². The monoisotopic (exact) mass is 210 g/mol. The van der Waals surface area contributed by atoms with Crippen LogP contribution in [0.1, 0.15) is 18.4 Å². The van der Waals surface area contributed by atoms with E-state index >= 15 is 0 Å². The summed E-state index contributed by atoms with van der Waals surface area (Å²) in [5.41, 5.74) is 1.31. The quantitative estimate of drug-likeness (QED) is 0.653. The first-order valence-corrected chi connectivity index (χ1v) is 4.41. The average Bonchev–Trinajstić information content (AvgIpc) is 2.05. The molecule has 0 radical (unpaired) electrons. The third-order valence-electron chi connectivity index (χ3n) is 1.75. The molecular formula is C10H11Br. The van der Waals surface area contributed by atoms with E-state index in [1.807, 2.05) is 6.08 Å². The van der Waals surface area contributed by atoms with E-state index in [-0.39, 0.29) is 0 Å². The number of benzene rings is 1. The van der Waals surface area contributed by atoms with Gasteiger partial charge in [0.25, 0.3) is 0 Å². The summed E-state index contributed by atoms with van der Waals surface area (Å²) in [4.78, 5) is 0. The van der Waals surface area contributed by atoms with Crippen LogP contribution in [-0.2, 0) is 0 Å². The van der Waals surface area contributed by atoms with Crippen LogP contribution < -0.4 is 0 Å². The molecule has 0 heterocycles. The van der Waals surface area contributed by atoms with Crippen molar-refractivity contribution >= 4 is 15.9 Å². The summed E-state index contributed by atoms with van der Waals surface area (Å²) in [6, 6.07) is 8.32. The molecule has 1 unspecified atom stereocenters. The molecule has 1 aromatic carbocycles. The molecule has 0 aromatic heterocycles. The first kappa shape index (κ1) is 8.54. The van der Waals surface area contributed by atoms with Crippen LogP contribution in [0.15, 0.2) is 41.4 Å². The van der Waals surface area contributed by atoms with Gasteiger partial charge >= 0.3 is 0 Å². The van der Waals surface area contributed by atoms with Gasteiger partial charge in [-0.2, -0.15) is 0 Å². The molecule has 1 heteroatoms. The van der Waals surface area contributed by atoms with Crippen molar-refractivity contribution in [3.63, 3.8) is 0 Å². The highest BCUT2D eigenvalue weighted by Gasteiger charge is 1.98. The Morgan fingerprint density at radius 1 is 1.36 bits per heavy atom. The number of allylic oxidation sites excluding steroid dienone is 1. The molecule has 0 saturated heterocycles. The lowest BCUT2D eigenvalue weighted by molar-refractivity contribution is 0.971. The van der Waals surface area contributed by atoms with E-state index < -0.39 is 0 Å². The van der Waals surface area contributed by atoms with E-state index in [4.69, 9.17) is 0 Å². The Hall–Kier alpha value is -0.560. The largest absolute Gasteiger partial charge is 0.102 e. The Morgan fingerprint density at radius 2 is 1.91 bits per heavy atom. The summed E-state index contributed by atoms with van der Waals surface area (Å²) in [5.74, 6) is 0.447. The summed E-state index contributed by atoms with van der Waals surface area (Å²) in [6.07, 6.45) is 1.95. The van der Waals surface area contributed by atoms with Crippen molar-refractivity contribution in [1.82, 2.24) is 0 Å². The van der Waals surface area contributed by atoms with Crippen LogP contribution in [0.4, 0.5) is 0 Å². The van der Waals surface area contributed by atoms with Gasteiger partial charge in [-0.05, 0) is 23.6 Å². The molecule has 0 aliphatic rings. The van der Waals surface area contributed by atoms with Gasteiger partial charge in [0.1, 0.15) is 0 Å². The Morgan fingerprint density at radius 3 is 2.36 bits per heavy atom. The molecule has 0 spiro atoms. The molecule has 0 saturated carbocycles. The first-order valence-electron chi connectivity index (χ1n) is 3.62. The summed E-state index contributed by atoms with van der Waals surface area (Å²) in [7, 11) is 0. The molecule has 0 nitrogen and oxygen atoms in total. The van der Waals surface area contributed by atoms with Gasteiger partial charge in [0, 0.05) is 4.47 Å². The van der Waals surface area contributed by atoms with Crippen LogP contribution in [0.25, 0.3) is 0 Å². The van der Waals surface area contributed by atoms with Crippen LogP contribution in [0, 0.1) is 0 Å². The summed E-state index contributed by atoms with van der Waals surface area (Å²) >= 11 is 3.39. The van der Waals surface area contributed by atoms with Crippen molar-refractivity contribution in [2.24, 2.45) is 0 Å². The zero-order valence-electron chi connectivity index (χ0n) is 6.55. The standard InChI is InChI=1S/C10H11Br/c1-3-8(2)9-4-6-10(11)7-5-9/h3-8H,1H2,2H3. The SMILES string of the molecule is C=CC(C)c1ccc(Br)cc1. The fourth-order valence-corrected chi connectivity index (χ4v) is 1.17. The summed E-state index contributed by atoms with van der Waals surface area (Å²) in [5, 5.41) is 0. The van der Waals surface area contributed by atoms with Gasteiger partial charge in [-0.1, -0.05) is 41.1 Å². The molecule has 0 aliphatic heterocycles. The first-order chi connectivity index (χ1) is 5.24. The summed E-state index contributed by atoms with van der Waals surface area (Å²) < 4.78 is 1.12. The lowest BCUT2D eigenvalue weighted by Gasteiger charge is -2.04. The second-order valence-corrected chi connectivity index (χ2v) is 3.49. The van der Waals surface area contributed by atoms with Crippen molar-refractivity contribution in [3.8, 4) is 0 Å². The van der Waals surface area contributed by atoms with Gasteiger partial charge in [-0.3, -0.25) is 0 Å². The fourth-order valence-electron chi connectivity index (χ4n) is 0.902. The predicted octanol–water partition coefficient (Wildman–Crippen LogP) is 3.74. The summed E-state index contributed by atoms with van der Waals surface area (Å²) in [6.45, 7) is 5.88. The number of rotatable bonds is 2. The highest BCUT2D eigenvalue weighted by molar-refractivity contribution is 9.10. The molecule has 0 aliphatic carbocycles. The normalized spacial score (nSPS) is 12.5. The lowest BCUT2D eigenvalue weighted by atomic mass is 10.0. The zero-order valence-corrected chi connectivity index (χ0v) is 8.14. The molecule has 11 heavy (non-hydrogen) atoms. The van der Waals surface area contributed by atoms with Crippen LogP contribution >= 0.6 is 15.9 Å². The highest BCUT2D eigenvalue weighted by atomic mass is 79.9. The maximum Gasteiger partial charge on any atom is 0.0175 e. The minimum absolute atomic E-state index is 0.447. The van der Waals surface area contributed by atoms with Gasteiger partial charge in [0.2, 0.25) is 0 Å². The third kappa shape index (κ3) is 2.19. The Labute approximate surface area is 76.1 Å². The van der Waals surface area contributed by atoms with Gasteiger partial charge in [0.05, 0.1) is 0 Å². The number of hydrogen-bond acceptors (Lipinski definition) is 0. The number of hydrogen-bond donors (Lipinski definition) is 0. The maximum absolute atomic E-state index is 3.75. The zero-order chi connectivity index (χ0) is 8.27. The molecule has 1 rings (SSSR count). The molecule has 0 fully saturated rings. The number of halogens is 1. The molecule has 0 bridgehead atoms. The van der Waals surface area contributed by atoms with E-state index in [2.05, 4.69) is 53.7 Å². The van der Waals surface area contributed by atoms with E-state index in [1.165, 1.54) is 5.56 Å². The van der Waals surface area contributed by atoms with Crippen molar-refractivity contribution in [2.75, 3.05) is 0 Å². The Balaban J connectivity index is 2.89. The third-order valence-corrected chi connectivity index (χ3v) is 2.28. The highest BCUT2D eigenvalue weighted by Crippen LogP contribution is 2.18. The van der Waals surface area contributed by atoms with Crippen molar-refractivity contribution in [1.29, 1.82) is 0 Å². The van der Waals surface area contributed by atoms with Crippen LogP contribution in [0.5, 0.6) is 0 Å². The van der Waals surface area contributed by atoms with Gasteiger partial charge < -0.3 is 0 Å². The van der Waals surface area contributed by atoms with Crippen LogP contribution in [0.2, 0.25) is 0 Å².